The van der Waals surface area contributed by atoms with Crippen LogP contribution in [0, 0.1) is 30.6 Å². The molecule has 10 heteroatoms. The first-order valence-corrected chi connectivity index (χ1v) is 11.9. The summed E-state index contributed by atoms with van der Waals surface area (Å²) in [6.45, 7) is 2.43. The maximum Gasteiger partial charge on any atom is 0.409 e. The Bertz CT molecular complexity index is 977. The summed E-state index contributed by atoms with van der Waals surface area (Å²) >= 11 is 0. The number of carboxylic acids is 1. The zero-order chi connectivity index (χ0) is 24.6. The van der Waals surface area contributed by atoms with Crippen LogP contribution in [0.4, 0.5) is 4.79 Å². The zero-order valence-corrected chi connectivity index (χ0v) is 20.1. The number of carbonyl (C=O) groups is 2. The zero-order valence-electron chi connectivity index (χ0n) is 20.1. The van der Waals surface area contributed by atoms with Gasteiger partial charge in [-0.25, -0.2) is 15.6 Å². The number of amides is 1. The van der Waals surface area contributed by atoms with E-state index < -0.39 is 12.1 Å². The van der Waals surface area contributed by atoms with Crippen molar-refractivity contribution in [1.82, 2.24) is 14.9 Å². The monoisotopic (exact) mass is 473 g/mol. The molecule has 1 amide bonds. The van der Waals surface area contributed by atoms with Gasteiger partial charge in [-0.2, -0.15) is 0 Å². The average molecular weight is 474 g/mol. The Morgan fingerprint density at radius 2 is 1.94 bits per heavy atom. The standard InChI is InChI=1S/C24H35N5O5/c1-13-18(34-19-9-7-15-20(19)21(15)23(30)31)10-8-16(27-13)22(25)17(29(3)26)12-33-24(32)28(2)11-14-5-4-6-14/h8,10,14-15,19-21H,4-7,9,11-12,25-26H2,1-3H3,(H,30,31)/b22-17-. The van der Waals surface area contributed by atoms with Crippen LogP contribution in [0.25, 0.3) is 5.70 Å². The quantitative estimate of drug-likeness (QED) is 0.363. The van der Waals surface area contributed by atoms with Crippen LogP contribution in [0.15, 0.2) is 17.8 Å². The molecular formula is C24H35N5O5. The Morgan fingerprint density at radius 3 is 2.50 bits per heavy atom. The average Bonchev–Trinajstić information content (AvgIpc) is 3.36. The number of aromatic nitrogens is 1. The van der Waals surface area contributed by atoms with E-state index >= 15 is 0 Å². The lowest BCUT2D eigenvalue weighted by Gasteiger charge is -2.30. The number of likely N-dealkylation sites (N-methyl/N-ethyl adjacent to an activating group) is 1. The third-order valence-electron chi connectivity index (χ3n) is 7.46. The summed E-state index contributed by atoms with van der Waals surface area (Å²) in [6.07, 6.45) is 4.73. The normalized spacial score (nSPS) is 26.1. The van der Waals surface area contributed by atoms with Crippen LogP contribution >= 0.6 is 0 Å². The molecule has 0 bridgehead atoms. The van der Waals surface area contributed by atoms with E-state index in [0.717, 1.165) is 25.7 Å². The Hall–Kier alpha value is -3.01. The predicted octanol–water partition coefficient (Wildman–Crippen LogP) is 2.18. The topological polar surface area (TPSA) is 144 Å². The first-order chi connectivity index (χ1) is 16.2. The first kappa shape index (κ1) is 24.1. The number of carbonyl (C=O) groups excluding carboxylic acids is 1. The highest BCUT2D eigenvalue weighted by molar-refractivity contribution is 5.75. The van der Waals surface area contributed by atoms with Crippen molar-refractivity contribution >= 4 is 17.8 Å². The highest BCUT2D eigenvalue weighted by Crippen LogP contribution is 2.58. The number of aliphatic carboxylic acids is 1. The van der Waals surface area contributed by atoms with Gasteiger partial charge in [0.25, 0.3) is 0 Å². The van der Waals surface area contributed by atoms with Crippen molar-refractivity contribution in [1.29, 1.82) is 0 Å². The molecule has 3 saturated carbocycles. The fourth-order valence-electron chi connectivity index (χ4n) is 5.19. The minimum Gasteiger partial charge on any atom is -0.488 e. The molecule has 34 heavy (non-hydrogen) atoms. The number of ether oxygens (including phenoxy) is 2. The summed E-state index contributed by atoms with van der Waals surface area (Å²) in [5, 5.41) is 10.6. The lowest BCUT2D eigenvalue weighted by Crippen LogP contribution is -2.37. The van der Waals surface area contributed by atoms with E-state index in [9.17, 15) is 14.7 Å². The minimum absolute atomic E-state index is 0.0760. The molecule has 4 atom stereocenters. The summed E-state index contributed by atoms with van der Waals surface area (Å²) in [4.78, 5) is 29.9. The van der Waals surface area contributed by atoms with Gasteiger partial charge in [-0.05, 0) is 56.6 Å². The Kier molecular flexibility index (Phi) is 6.88. The molecule has 0 radical (unpaired) electrons. The van der Waals surface area contributed by atoms with E-state index in [-0.39, 0.29) is 30.5 Å². The van der Waals surface area contributed by atoms with Gasteiger partial charge in [-0.3, -0.25) is 4.79 Å². The summed E-state index contributed by atoms with van der Waals surface area (Å²) < 4.78 is 11.6. The van der Waals surface area contributed by atoms with Gasteiger partial charge in [0.05, 0.1) is 28.7 Å². The van der Waals surface area contributed by atoms with Crippen LogP contribution in [0.3, 0.4) is 0 Å². The molecule has 3 fully saturated rings. The number of pyridine rings is 1. The van der Waals surface area contributed by atoms with Gasteiger partial charge < -0.3 is 30.2 Å². The van der Waals surface area contributed by atoms with Gasteiger partial charge in [-0.15, -0.1) is 0 Å². The Morgan fingerprint density at radius 1 is 1.21 bits per heavy atom. The molecule has 0 saturated heterocycles. The molecule has 10 nitrogen and oxygen atoms in total. The van der Waals surface area contributed by atoms with Gasteiger partial charge in [-0.1, -0.05) is 6.42 Å². The molecular weight excluding hydrogens is 438 g/mol. The molecule has 1 aromatic rings. The molecule has 1 heterocycles. The van der Waals surface area contributed by atoms with E-state index in [0.29, 0.717) is 41.0 Å². The highest BCUT2D eigenvalue weighted by atomic mass is 16.6. The van der Waals surface area contributed by atoms with Crippen LogP contribution in [0.5, 0.6) is 5.75 Å². The Balaban J connectivity index is 1.40. The molecule has 4 rings (SSSR count). The van der Waals surface area contributed by atoms with Crippen molar-refractivity contribution in [3.8, 4) is 5.75 Å². The number of nitrogens with zero attached hydrogens (tertiary/aromatic N) is 3. The number of hydrogen-bond acceptors (Lipinski definition) is 8. The van der Waals surface area contributed by atoms with Crippen molar-refractivity contribution < 1.29 is 24.2 Å². The van der Waals surface area contributed by atoms with Gasteiger partial charge in [0, 0.05) is 26.6 Å². The second-order valence-electron chi connectivity index (χ2n) is 9.82. The molecule has 0 aliphatic heterocycles. The third kappa shape index (κ3) is 4.91. The number of fused-ring (bicyclic) bond motifs is 1. The van der Waals surface area contributed by atoms with Crippen LogP contribution in [-0.4, -0.2) is 65.4 Å². The van der Waals surface area contributed by atoms with Crippen molar-refractivity contribution in [2.45, 2.75) is 45.1 Å². The van der Waals surface area contributed by atoms with Gasteiger partial charge in [0.2, 0.25) is 0 Å². The van der Waals surface area contributed by atoms with Gasteiger partial charge >= 0.3 is 12.1 Å². The molecule has 4 unspecified atom stereocenters. The smallest absolute Gasteiger partial charge is 0.409 e. The largest absolute Gasteiger partial charge is 0.488 e. The summed E-state index contributed by atoms with van der Waals surface area (Å²) in [7, 11) is 3.36. The van der Waals surface area contributed by atoms with Gasteiger partial charge in [0.1, 0.15) is 18.5 Å². The molecule has 186 valence electrons. The molecule has 1 aromatic heterocycles. The van der Waals surface area contributed by atoms with Crippen LogP contribution in [0.2, 0.25) is 0 Å². The van der Waals surface area contributed by atoms with E-state index in [2.05, 4.69) is 4.98 Å². The van der Waals surface area contributed by atoms with E-state index in [4.69, 9.17) is 21.1 Å². The van der Waals surface area contributed by atoms with Crippen LogP contribution in [-0.2, 0) is 9.53 Å². The lowest BCUT2D eigenvalue weighted by atomic mass is 9.85. The molecule has 3 aliphatic carbocycles. The summed E-state index contributed by atoms with van der Waals surface area (Å²) in [6, 6.07) is 3.53. The number of hydrazine groups is 1. The van der Waals surface area contributed by atoms with E-state index in [1.165, 1.54) is 11.4 Å². The summed E-state index contributed by atoms with van der Waals surface area (Å²) in [5.41, 5.74) is 8.25. The van der Waals surface area contributed by atoms with Gasteiger partial charge in [0.15, 0.2) is 0 Å². The maximum atomic E-state index is 12.4. The van der Waals surface area contributed by atoms with Crippen LogP contribution < -0.4 is 16.3 Å². The highest BCUT2D eigenvalue weighted by Gasteiger charge is 2.63. The molecule has 3 aliphatic rings. The van der Waals surface area contributed by atoms with Crippen LogP contribution in [0.1, 0.15) is 43.5 Å². The fraction of sp³-hybridized carbons (Fsp3) is 0.625. The first-order valence-electron chi connectivity index (χ1n) is 11.9. The third-order valence-corrected chi connectivity index (χ3v) is 7.46. The van der Waals surface area contributed by atoms with E-state index in [1.807, 2.05) is 6.92 Å². The van der Waals surface area contributed by atoms with Crippen molar-refractivity contribution in [2.24, 2.45) is 35.2 Å². The number of aryl methyl sites for hydroxylation is 1. The number of carboxylic acid groups (broad SMARTS) is 1. The second kappa shape index (κ2) is 9.69. The maximum absolute atomic E-state index is 12.4. The molecule has 0 aromatic carbocycles. The molecule has 5 N–H and O–H groups in total. The number of rotatable bonds is 9. The lowest BCUT2D eigenvalue weighted by molar-refractivity contribution is -0.139. The summed E-state index contributed by atoms with van der Waals surface area (Å²) in [5.74, 6) is 6.42. The number of hydrogen-bond donors (Lipinski definition) is 3. The van der Waals surface area contributed by atoms with Crippen molar-refractivity contribution in [3.05, 3.63) is 29.2 Å². The second-order valence-corrected chi connectivity index (χ2v) is 9.82. The SMILES string of the molecule is Cc1nc(/C(N)=C(\COC(=O)N(C)CC2CCC2)N(C)N)ccc1OC1CCC2C(C(=O)O)C12. The predicted molar refractivity (Wildman–Crippen MR) is 125 cm³/mol. The number of nitrogens with two attached hydrogens (primary N) is 2. The van der Waals surface area contributed by atoms with Crippen molar-refractivity contribution in [2.75, 3.05) is 27.2 Å². The van der Waals surface area contributed by atoms with Crippen molar-refractivity contribution in [3.63, 3.8) is 0 Å². The minimum atomic E-state index is -0.736. The fourth-order valence-corrected chi connectivity index (χ4v) is 5.19. The molecule has 0 spiro atoms. The van der Waals surface area contributed by atoms with E-state index in [1.54, 1.807) is 31.1 Å². The Labute approximate surface area is 199 Å².